The number of carbonyl (C=O) groups is 2. The number of hydrogen-bond donors (Lipinski definition) is 1. The summed E-state index contributed by atoms with van der Waals surface area (Å²) in [7, 11) is 0. The van der Waals surface area contributed by atoms with Crippen molar-refractivity contribution in [3.05, 3.63) is 63.5 Å². The maximum absolute atomic E-state index is 13.1. The Balaban J connectivity index is 1.61. The molecule has 0 aliphatic rings. The molecule has 0 unspecified atom stereocenters. The number of halogens is 4. The van der Waals surface area contributed by atoms with E-state index in [0.29, 0.717) is 12.1 Å². The normalized spacial score (nSPS) is 11.5. The molecule has 0 fully saturated rings. The van der Waals surface area contributed by atoms with Crippen molar-refractivity contribution >= 4 is 40.2 Å². The molecule has 0 aliphatic heterocycles. The molecule has 0 aliphatic carbocycles. The van der Waals surface area contributed by atoms with Crippen LogP contribution in [-0.4, -0.2) is 27.6 Å². The highest BCUT2D eigenvalue weighted by atomic mass is 35.5. The first-order chi connectivity index (χ1) is 15.1. The number of rotatable bonds is 7. The minimum Gasteiger partial charge on any atom is -0.456 e. The third-order valence-electron chi connectivity index (χ3n) is 4.73. The molecule has 3 rings (SSSR count). The van der Waals surface area contributed by atoms with E-state index in [4.69, 9.17) is 16.3 Å². The molecule has 7 nitrogen and oxygen atoms in total. The first kappa shape index (κ1) is 23.4. The number of esters is 1. The Hall–Kier alpha value is -3.27. The lowest BCUT2D eigenvalue weighted by atomic mass is 10.1. The smallest absolute Gasteiger partial charge is 0.418 e. The van der Waals surface area contributed by atoms with Crippen LogP contribution in [0.5, 0.6) is 0 Å². The summed E-state index contributed by atoms with van der Waals surface area (Å²) in [6, 6.07) is 10.2. The Bertz CT molecular complexity index is 1220. The summed E-state index contributed by atoms with van der Waals surface area (Å²) in [5.74, 6) is -1.76. The molecule has 2 aromatic carbocycles. The van der Waals surface area contributed by atoms with E-state index in [0.717, 1.165) is 17.6 Å². The number of imidazole rings is 1. The molecule has 0 bridgehead atoms. The largest absolute Gasteiger partial charge is 0.456 e. The summed E-state index contributed by atoms with van der Waals surface area (Å²) in [5, 5.41) is 1.73. The number of benzene rings is 2. The fourth-order valence-electron chi connectivity index (χ4n) is 3.28. The number of ether oxygens (including phenoxy) is 1. The van der Waals surface area contributed by atoms with Gasteiger partial charge in [0.1, 0.15) is 0 Å². The van der Waals surface area contributed by atoms with E-state index in [1.54, 1.807) is 28.8 Å². The molecule has 1 N–H and O–H groups in total. The van der Waals surface area contributed by atoms with E-state index >= 15 is 0 Å². The number of nitrogens with one attached hydrogen (secondary N) is 1. The second-order valence-corrected chi connectivity index (χ2v) is 7.19. The highest BCUT2D eigenvalue weighted by Gasteiger charge is 2.34. The Morgan fingerprint density at radius 2 is 1.72 bits per heavy atom. The summed E-state index contributed by atoms with van der Waals surface area (Å²) >= 11 is 5.78. The Labute approximate surface area is 185 Å². The molecule has 11 heteroatoms. The van der Waals surface area contributed by atoms with Gasteiger partial charge in [-0.2, -0.15) is 13.2 Å². The van der Waals surface area contributed by atoms with Gasteiger partial charge in [-0.25, -0.2) is 4.79 Å². The standard InChI is InChI=1S/C21H19ClF3N3O4/c1-2-27-15-8-3-4-9-16(15)28(20(27)31)11-10-18(30)32-12-17(29)26-19-13(21(23,24)25)6-5-7-14(19)22/h3-9H,2,10-12H2,1H3,(H,26,29). The molecule has 0 radical (unpaired) electrons. The van der Waals surface area contributed by atoms with Gasteiger partial charge < -0.3 is 10.1 Å². The average Bonchev–Trinajstić information content (AvgIpc) is 3.01. The topological polar surface area (TPSA) is 82.3 Å². The van der Waals surface area contributed by atoms with Crippen LogP contribution in [0.1, 0.15) is 18.9 Å². The average molecular weight is 470 g/mol. The second kappa shape index (κ2) is 9.47. The Kier molecular flexibility index (Phi) is 6.93. The molecule has 1 aromatic heterocycles. The summed E-state index contributed by atoms with van der Waals surface area (Å²) in [6.07, 6.45) is -4.93. The van der Waals surface area contributed by atoms with Crippen LogP contribution in [0.4, 0.5) is 18.9 Å². The maximum Gasteiger partial charge on any atom is 0.418 e. The first-order valence-corrected chi connectivity index (χ1v) is 10.0. The quantitative estimate of drug-likeness (QED) is 0.529. The van der Waals surface area contributed by atoms with Crippen LogP contribution in [0.3, 0.4) is 0 Å². The summed E-state index contributed by atoms with van der Waals surface area (Å²) in [5.41, 5.74) is -0.619. The molecule has 1 amide bonds. The maximum atomic E-state index is 13.1. The number of aryl methyl sites for hydroxylation is 2. The molecular formula is C21H19ClF3N3O4. The predicted octanol–water partition coefficient (Wildman–Crippen LogP) is 4.07. The van der Waals surface area contributed by atoms with E-state index in [1.165, 1.54) is 10.6 Å². The number of fused-ring (bicyclic) bond motifs is 1. The third kappa shape index (κ3) is 4.96. The van der Waals surface area contributed by atoms with Crippen LogP contribution in [0.15, 0.2) is 47.3 Å². The van der Waals surface area contributed by atoms with Crippen molar-refractivity contribution in [2.75, 3.05) is 11.9 Å². The lowest BCUT2D eigenvalue weighted by molar-refractivity contribution is -0.147. The van der Waals surface area contributed by atoms with Crippen molar-refractivity contribution in [2.45, 2.75) is 32.6 Å². The number of hydrogen-bond acceptors (Lipinski definition) is 4. The third-order valence-corrected chi connectivity index (χ3v) is 5.04. The number of alkyl halides is 3. The number of amides is 1. The van der Waals surface area contributed by atoms with Crippen molar-refractivity contribution in [3.63, 3.8) is 0 Å². The minimum atomic E-state index is -4.73. The number of aromatic nitrogens is 2. The van der Waals surface area contributed by atoms with Gasteiger partial charge >= 0.3 is 17.8 Å². The van der Waals surface area contributed by atoms with Gasteiger partial charge in [-0.15, -0.1) is 0 Å². The van der Waals surface area contributed by atoms with Gasteiger partial charge in [0.15, 0.2) is 6.61 Å². The van der Waals surface area contributed by atoms with Crippen molar-refractivity contribution < 1.29 is 27.5 Å². The van der Waals surface area contributed by atoms with Crippen LogP contribution < -0.4 is 11.0 Å². The highest BCUT2D eigenvalue weighted by molar-refractivity contribution is 6.34. The highest BCUT2D eigenvalue weighted by Crippen LogP contribution is 2.38. The molecule has 170 valence electrons. The van der Waals surface area contributed by atoms with Crippen LogP contribution in [0.25, 0.3) is 11.0 Å². The lowest BCUT2D eigenvalue weighted by Crippen LogP contribution is -2.26. The lowest BCUT2D eigenvalue weighted by Gasteiger charge is -2.15. The molecular weight excluding hydrogens is 451 g/mol. The van der Waals surface area contributed by atoms with Gasteiger partial charge in [-0.1, -0.05) is 29.8 Å². The zero-order chi connectivity index (χ0) is 23.5. The van der Waals surface area contributed by atoms with Crippen LogP contribution >= 0.6 is 11.6 Å². The molecule has 32 heavy (non-hydrogen) atoms. The molecule has 3 aromatic rings. The van der Waals surface area contributed by atoms with E-state index < -0.39 is 35.9 Å². The first-order valence-electron chi connectivity index (χ1n) is 9.62. The zero-order valence-corrected chi connectivity index (χ0v) is 17.7. The van der Waals surface area contributed by atoms with Gasteiger partial charge in [0.25, 0.3) is 5.91 Å². The summed E-state index contributed by atoms with van der Waals surface area (Å²) < 4.78 is 47.1. The zero-order valence-electron chi connectivity index (χ0n) is 16.9. The van der Waals surface area contributed by atoms with Gasteiger partial charge in [-0.3, -0.25) is 18.7 Å². The monoisotopic (exact) mass is 469 g/mol. The van der Waals surface area contributed by atoms with Crippen molar-refractivity contribution in [2.24, 2.45) is 0 Å². The van der Waals surface area contributed by atoms with E-state index in [1.807, 2.05) is 12.2 Å². The Morgan fingerprint density at radius 3 is 2.34 bits per heavy atom. The molecule has 0 saturated heterocycles. The number of nitrogens with zero attached hydrogens (tertiary/aromatic N) is 2. The van der Waals surface area contributed by atoms with Gasteiger partial charge in [0.2, 0.25) is 0 Å². The molecule has 1 heterocycles. The SMILES string of the molecule is CCn1c(=O)n(CCC(=O)OCC(=O)Nc2c(Cl)cccc2C(F)(F)F)c2ccccc21. The van der Waals surface area contributed by atoms with E-state index in [9.17, 15) is 27.6 Å². The predicted molar refractivity (Wildman–Crippen MR) is 113 cm³/mol. The second-order valence-electron chi connectivity index (χ2n) is 6.79. The number of para-hydroxylation sites is 3. The molecule has 0 atom stereocenters. The van der Waals surface area contributed by atoms with Crippen molar-refractivity contribution in [3.8, 4) is 0 Å². The van der Waals surface area contributed by atoms with Gasteiger partial charge in [-0.05, 0) is 31.2 Å². The van der Waals surface area contributed by atoms with E-state index in [-0.39, 0.29) is 23.7 Å². The van der Waals surface area contributed by atoms with Gasteiger partial charge in [0, 0.05) is 13.1 Å². The summed E-state index contributed by atoms with van der Waals surface area (Å²) in [6.45, 7) is 1.51. The number of anilines is 1. The minimum absolute atomic E-state index is 0.0233. The van der Waals surface area contributed by atoms with Crippen LogP contribution in [0, 0.1) is 0 Å². The fraction of sp³-hybridized carbons (Fsp3) is 0.286. The summed E-state index contributed by atoms with van der Waals surface area (Å²) in [4.78, 5) is 36.6. The Morgan fingerprint density at radius 1 is 1.06 bits per heavy atom. The van der Waals surface area contributed by atoms with Crippen molar-refractivity contribution in [1.29, 1.82) is 0 Å². The van der Waals surface area contributed by atoms with Crippen LogP contribution in [0.2, 0.25) is 5.02 Å². The molecule has 0 spiro atoms. The fourth-order valence-corrected chi connectivity index (χ4v) is 3.50. The molecule has 0 saturated carbocycles. The van der Waals surface area contributed by atoms with Crippen LogP contribution in [-0.2, 0) is 33.6 Å². The van der Waals surface area contributed by atoms with Crippen molar-refractivity contribution in [1.82, 2.24) is 9.13 Å². The van der Waals surface area contributed by atoms with E-state index in [2.05, 4.69) is 0 Å². The number of carbonyl (C=O) groups excluding carboxylic acids is 2. The van der Waals surface area contributed by atoms with Gasteiger partial charge in [0.05, 0.1) is 33.7 Å².